The molecule has 0 atom stereocenters. The fourth-order valence-corrected chi connectivity index (χ4v) is 2.59. The average Bonchev–Trinajstić information content (AvgIpc) is 2.77. The van der Waals surface area contributed by atoms with Crippen LogP contribution in [-0.4, -0.2) is 17.6 Å². The fourth-order valence-electron chi connectivity index (χ4n) is 2.27. The van der Waals surface area contributed by atoms with Crippen molar-refractivity contribution < 1.29 is 9.53 Å². The molecule has 0 fully saturated rings. The molecule has 0 aliphatic carbocycles. The zero-order valence-corrected chi connectivity index (χ0v) is 11.1. The molecule has 3 aromatic rings. The molecule has 0 aliphatic rings. The van der Waals surface area contributed by atoms with Crippen LogP contribution in [-0.2, 0) is 4.74 Å². The lowest BCUT2D eigenvalue weighted by Crippen LogP contribution is -2.04. The lowest BCUT2D eigenvalue weighted by molar-refractivity contribution is 0.0526. The van der Waals surface area contributed by atoms with Gasteiger partial charge in [0.05, 0.1) is 17.2 Å². The lowest BCUT2D eigenvalue weighted by Gasteiger charge is -2.03. The van der Waals surface area contributed by atoms with Crippen LogP contribution in [0.1, 0.15) is 17.3 Å². The zero-order chi connectivity index (χ0) is 13.4. The highest BCUT2D eigenvalue weighted by atomic mass is 35.5. The summed E-state index contributed by atoms with van der Waals surface area (Å²) in [6, 6.07) is 11.3. The molecule has 1 N–H and O–H groups in total. The first-order chi connectivity index (χ1) is 9.20. The van der Waals surface area contributed by atoms with Crippen LogP contribution in [0, 0.1) is 0 Å². The van der Waals surface area contributed by atoms with E-state index in [-0.39, 0.29) is 5.97 Å². The Morgan fingerprint density at radius 2 is 2.05 bits per heavy atom. The Hall–Kier alpha value is -2.00. The van der Waals surface area contributed by atoms with E-state index in [9.17, 15) is 4.79 Å². The molecule has 0 radical (unpaired) electrons. The first-order valence-electron chi connectivity index (χ1n) is 6.08. The Morgan fingerprint density at radius 3 is 2.84 bits per heavy atom. The van der Waals surface area contributed by atoms with Gasteiger partial charge < -0.3 is 9.72 Å². The van der Waals surface area contributed by atoms with Crippen LogP contribution in [0.3, 0.4) is 0 Å². The van der Waals surface area contributed by atoms with Crippen molar-refractivity contribution in [2.75, 3.05) is 6.61 Å². The number of para-hydroxylation sites is 1. The van der Waals surface area contributed by atoms with E-state index in [0.29, 0.717) is 17.2 Å². The number of nitrogens with one attached hydrogen (secondary N) is 1. The van der Waals surface area contributed by atoms with E-state index in [4.69, 9.17) is 16.3 Å². The van der Waals surface area contributed by atoms with Crippen LogP contribution in [0.25, 0.3) is 21.8 Å². The number of ether oxygens (including phenoxy) is 1. The Labute approximate surface area is 115 Å². The van der Waals surface area contributed by atoms with Gasteiger partial charge in [0.2, 0.25) is 0 Å². The summed E-state index contributed by atoms with van der Waals surface area (Å²) in [6.45, 7) is 2.13. The topological polar surface area (TPSA) is 42.1 Å². The van der Waals surface area contributed by atoms with Crippen molar-refractivity contribution in [3.05, 3.63) is 47.0 Å². The molecule has 2 aromatic carbocycles. The average molecular weight is 274 g/mol. The lowest BCUT2D eigenvalue weighted by atomic mass is 10.1. The molecule has 0 saturated carbocycles. The van der Waals surface area contributed by atoms with Gasteiger partial charge in [0.1, 0.15) is 0 Å². The molecule has 0 saturated heterocycles. The largest absolute Gasteiger partial charge is 0.462 e. The minimum absolute atomic E-state index is 0.348. The van der Waals surface area contributed by atoms with Crippen molar-refractivity contribution in [3.63, 3.8) is 0 Å². The molecular weight excluding hydrogens is 262 g/mol. The van der Waals surface area contributed by atoms with Crippen molar-refractivity contribution in [3.8, 4) is 0 Å². The predicted octanol–water partition coefficient (Wildman–Crippen LogP) is 4.15. The van der Waals surface area contributed by atoms with E-state index in [1.54, 1.807) is 19.1 Å². The SMILES string of the molecule is CCOC(=O)c1cc(Cl)c2c(c1)[nH]c1ccccc12. The van der Waals surface area contributed by atoms with Gasteiger partial charge >= 0.3 is 5.97 Å². The monoisotopic (exact) mass is 273 g/mol. The summed E-state index contributed by atoms with van der Waals surface area (Å²) in [5, 5.41) is 2.54. The van der Waals surface area contributed by atoms with Crippen LogP contribution in [0.15, 0.2) is 36.4 Å². The number of rotatable bonds is 2. The van der Waals surface area contributed by atoms with Crippen LogP contribution in [0.4, 0.5) is 0 Å². The third-order valence-corrected chi connectivity index (χ3v) is 3.37. The summed E-state index contributed by atoms with van der Waals surface area (Å²) >= 11 is 6.30. The Bertz CT molecular complexity index is 776. The van der Waals surface area contributed by atoms with Crippen molar-refractivity contribution in [2.45, 2.75) is 6.92 Å². The fraction of sp³-hybridized carbons (Fsp3) is 0.133. The molecule has 1 aromatic heterocycles. The summed E-state index contributed by atoms with van der Waals surface area (Å²) < 4.78 is 4.99. The molecule has 4 heteroatoms. The molecule has 1 heterocycles. The van der Waals surface area contributed by atoms with Gasteiger partial charge in [-0.05, 0) is 25.1 Å². The third kappa shape index (κ3) is 1.96. The molecule has 19 heavy (non-hydrogen) atoms. The maximum absolute atomic E-state index is 11.8. The van der Waals surface area contributed by atoms with E-state index in [1.165, 1.54) is 0 Å². The quantitative estimate of drug-likeness (QED) is 0.713. The number of hydrogen-bond donors (Lipinski definition) is 1. The van der Waals surface area contributed by atoms with Crippen molar-refractivity contribution in [1.29, 1.82) is 0 Å². The first kappa shape index (κ1) is 12.1. The van der Waals surface area contributed by atoms with Gasteiger partial charge in [0.25, 0.3) is 0 Å². The number of carbonyl (C=O) groups excluding carboxylic acids is 1. The maximum Gasteiger partial charge on any atom is 0.338 e. The van der Waals surface area contributed by atoms with Gasteiger partial charge in [-0.3, -0.25) is 0 Å². The first-order valence-corrected chi connectivity index (χ1v) is 6.45. The Balaban J connectivity index is 2.26. The van der Waals surface area contributed by atoms with Gasteiger partial charge in [-0.15, -0.1) is 0 Å². The number of carbonyl (C=O) groups is 1. The van der Waals surface area contributed by atoms with Gasteiger partial charge in [-0.1, -0.05) is 29.8 Å². The van der Waals surface area contributed by atoms with Gasteiger partial charge in [0, 0.05) is 21.8 Å². The zero-order valence-electron chi connectivity index (χ0n) is 10.4. The highest BCUT2D eigenvalue weighted by Crippen LogP contribution is 2.32. The highest BCUT2D eigenvalue weighted by Gasteiger charge is 2.13. The van der Waals surface area contributed by atoms with Crippen molar-refractivity contribution in [2.24, 2.45) is 0 Å². The second-order valence-electron chi connectivity index (χ2n) is 4.27. The minimum atomic E-state index is -0.357. The third-order valence-electron chi connectivity index (χ3n) is 3.07. The van der Waals surface area contributed by atoms with Gasteiger partial charge in [-0.25, -0.2) is 4.79 Å². The molecular formula is C15H12ClNO2. The van der Waals surface area contributed by atoms with Gasteiger partial charge in [0.15, 0.2) is 0 Å². The predicted molar refractivity (Wildman–Crippen MR) is 76.8 cm³/mol. The highest BCUT2D eigenvalue weighted by molar-refractivity contribution is 6.38. The summed E-state index contributed by atoms with van der Waals surface area (Å²) in [7, 11) is 0. The Morgan fingerprint density at radius 1 is 1.26 bits per heavy atom. The minimum Gasteiger partial charge on any atom is -0.462 e. The normalized spacial score (nSPS) is 11.1. The standard InChI is InChI=1S/C15H12ClNO2/c1-2-19-15(18)9-7-11(16)14-10-5-3-4-6-12(10)17-13(14)8-9/h3-8,17H,2H2,1H3. The summed E-state index contributed by atoms with van der Waals surface area (Å²) in [6.07, 6.45) is 0. The molecule has 0 aliphatic heterocycles. The summed E-state index contributed by atoms with van der Waals surface area (Å²) in [4.78, 5) is 15.0. The molecule has 3 rings (SSSR count). The van der Waals surface area contributed by atoms with E-state index in [2.05, 4.69) is 4.98 Å². The number of H-pyrrole nitrogens is 1. The van der Waals surface area contributed by atoms with Crippen LogP contribution in [0.5, 0.6) is 0 Å². The number of esters is 1. The molecule has 0 unspecified atom stereocenters. The summed E-state index contributed by atoms with van der Waals surface area (Å²) in [5.41, 5.74) is 2.31. The van der Waals surface area contributed by atoms with E-state index in [0.717, 1.165) is 21.8 Å². The smallest absolute Gasteiger partial charge is 0.338 e. The molecule has 3 nitrogen and oxygen atoms in total. The van der Waals surface area contributed by atoms with Crippen LogP contribution < -0.4 is 0 Å². The number of aromatic nitrogens is 1. The number of benzene rings is 2. The molecule has 0 bridgehead atoms. The number of aromatic amines is 1. The van der Waals surface area contributed by atoms with E-state index in [1.807, 2.05) is 24.3 Å². The maximum atomic E-state index is 11.8. The number of hydrogen-bond acceptors (Lipinski definition) is 2. The van der Waals surface area contributed by atoms with Crippen LogP contribution in [0.2, 0.25) is 5.02 Å². The summed E-state index contributed by atoms with van der Waals surface area (Å²) in [5.74, 6) is -0.357. The van der Waals surface area contributed by atoms with E-state index < -0.39 is 0 Å². The van der Waals surface area contributed by atoms with Crippen molar-refractivity contribution >= 4 is 39.4 Å². The number of fused-ring (bicyclic) bond motifs is 3. The number of halogens is 1. The second-order valence-corrected chi connectivity index (χ2v) is 4.68. The van der Waals surface area contributed by atoms with E-state index >= 15 is 0 Å². The van der Waals surface area contributed by atoms with Crippen molar-refractivity contribution in [1.82, 2.24) is 4.98 Å². The van der Waals surface area contributed by atoms with Crippen LogP contribution >= 0.6 is 11.6 Å². The molecule has 96 valence electrons. The molecule has 0 spiro atoms. The Kier molecular flexibility index (Phi) is 2.91. The molecule has 0 amide bonds. The van der Waals surface area contributed by atoms with Gasteiger partial charge in [-0.2, -0.15) is 0 Å². The second kappa shape index (κ2) is 4.59.